The van der Waals surface area contributed by atoms with Gasteiger partial charge in [-0.1, -0.05) is 19.1 Å². The van der Waals surface area contributed by atoms with Crippen molar-refractivity contribution in [2.75, 3.05) is 6.54 Å². The molecule has 0 aliphatic heterocycles. The van der Waals surface area contributed by atoms with Gasteiger partial charge in [-0.3, -0.25) is 0 Å². The van der Waals surface area contributed by atoms with Gasteiger partial charge in [0.2, 0.25) is 10.0 Å². The Balaban J connectivity index is 2.10. The minimum absolute atomic E-state index is 0.168. The summed E-state index contributed by atoms with van der Waals surface area (Å²) in [7, 11) is -3.66. The highest BCUT2D eigenvalue weighted by Crippen LogP contribution is 2.21. The summed E-state index contributed by atoms with van der Waals surface area (Å²) < 4.78 is 31.9. The zero-order valence-corrected chi connectivity index (χ0v) is 12.9. The number of benzene rings is 1. The first-order valence-electron chi connectivity index (χ1n) is 6.70. The number of hydrogen-bond acceptors (Lipinski definition) is 4. The van der Waals surface area contributed by atoms with E-state index in [0.29, 0.717) is 5.76 Å². The lowest BCUT2D eigenvalue weighted by atomic mass is 10.1. The summed E-state index contributed by atoms with van der Waals surface area (Å²) >= 11 is 0. The van der Waals surface area contributed by atoms with Crippen molar-refractivity contribution >= 4 is 10.0 Å². The van der Waals surface area contributed by atoms with Crippen molar-refractivity contribution in [3.8, 4) is 0 Å². The van der Waals surface area contributed by atoms with E-state index in [-0.39, 0.29) is 11.4 Å². The molecule has 1 atom stereocenters. The van der Waals surface area contributed by atoms with Gasteiger partial charge in [0, 0.05) is 6.54 Å². The molecular weight excluding hydrogens is 290 g/mol. The van der Waals surface area contributed by atoms with Crippen LogP contribution in [0.4, 0.5) is 0 Å². The van der Waals surface area contributed by atoms with Gasteiger partial charge in [-0.05, 0) is 43.2 Å². The minimum atomic E-state index is -3.66. The zero-order valence-electron chi connectivity index (χ0n) is 12.0. The number of hydrogen-bond donors (Lipinski definition) is 2. The molecule has 0 aliphatic carbocycles. The van der Waals surface area contributed by atoms with Gasteiger partial charge in [0.05, 0.1) is 11.2 Å². The molecule has 0 bridgehead atoms. The van der Waals surface area contributed by atoms with E-state index in [1.807, 2.05) is 6.92 Å². The maximum Gasteiger partial charge on any atom is 0.240 e. The highest BCUT2D eigenvalue weighted by molar-refractivity contribution is 7.89. The Kier molecular flexibility index (Phi) is 4.51. The summed E-state index contributed by atoms with van der Waals surface area (Å²) in [6, 6.07) is 9.91. The highest BCUT2D eigenvalue weighted by Gasteiger charge is 2.28. The fourth-order valence-electron chi connectivity index (χ4n) is 1.90. The van der Waals surface area contributed by atoms with Crippen molar-refractivity contribution in [2.45, 2.75) is 30.8 Å². The lowest BCUT2D eigenvalue weighted by Crippen LogP contribution is -2.38. The van der Waals surface area contributed by atoms with Gasteiger partial charge >= 0.3 is 0 Å². The number of sulfonamides is 1. The molecule has 0 saturated heterocycles. The fraction of sp³-hybridized carbons (Fsp3) is 0.333. The fourth-order valence-corrected chi connectivity index (χ4v) is 3.03. The van der Waals surface area contributed by atoms with Crippen LogP contribution in [0.25, 0.3) is 0 Å². The van der Waals surface area contributed by atoms with E-state index in [4.69, 9.17) is 4.42 Å². The Morgan fingerprint density at radius 2 is 1.90 bits per heavy atom. The number of nitrogens with one attached hydrogen (secondary N) is 1. The summed E-state index contributed by atoms with van der Waals surface area (Å²) in [5.41, 5.74) is -0.337. The van der Waals surface area contributed by atoms with Crippen molar-refractivity contribution in [3.63, 3.8) is 0 Å². The molecule has 0 radical (unpaired) electrons. The molecule has 2 aromatic rings. The summed E-state index contributed by atoms with van der Waals surface area (Å²) in [5, 5.41) is 10.2. The van der Waals surface area contributed by atoms with Crippen LogP contribution in [-0.4, -0.2) is 20.1 Å². The van der Waals surface area contributed by atoms with Gasteiger partial charge in [0.15, 0.2) is 0 Å². The van der Waals surface area contributed by atoms with Gasteiger partial charge in [-0.15, -0.1) is 0 Å². The van der Waals surface area contributed by atoms with Crippen LogP contribution in [0.2, 0.25) is 0 Å². The van der Waals surface area contributed by atoms with Crippen LogP contribution < -0.4 is 4.72 Å². The predicted molar refractivity (Wildman–Crippen MR) is 79.3 cm³/mol. The SMILES string of the molecule is CCc1ccc(S(=O)(=O)NCC(C)(O)c2ccco2)cc1. The Morgan fingerprint density at radius 3 is 2.43 bits per heavy atom. The summed E-state index contributed by atoms with van der Waals surface area (Å²) in [6.45, 7) is 3.33. The lowest BCUT2D eigenvalue weighted by molar-refractivity contribution is 0.0395. The first-order valence-corrected chi connectivity index (χ1v) is 8.18. The molecule has 5 nitrogen and oxygen atoms in total. The van der Waals surface area contributed by atoms with Gasteiger partial charge in [-0.25, -0.2) is 13.1 Å². The van der Waals surface area contributed by atoms with E-state index in [1.54, 1.807) is 36.4 Å². The van der Waals surface area contributed by atoms with E-state index in [1.165, 1.54) is 13.2 Å². The molecule has 0 saturated carbocycles. The second-order valence-corrected chi connectivity index (χ2v) is 6.84. The molecule has 0 amide bonds. The Labute approximate surface area is 124 Å². The van der Waals surface area contributed by atoms with Gasteiger partial charge < -0.3 is 9.52 Å². The molecule has 1 unspecified atom stereocenters. The average molecular weight is 309 g/mol. The van der Waals surface area contributed by atoms with Crippen LogP contribution >= 0.6 is 0 Å². The molecule has 2 rings (SSSR count). The molecule has 0 spiro atoms. The second-order valence-electron chi connectivity index (χ2n) is 5.07. The molecule has 21 heavy (non-hydrogen) atoms. The third-order valence-electron chi connectivity index (χ3n) is 3.30. The molecular formula is C15H19NO4S. The Hall–Kier alpha value is -1.63. The Bertz CT molecular complexity index is 673. The topological polar surface area (TPSA) is 79.5 Å². The molecule has 114 valence electrons. The maximum atomic E-state index is 12.2. The molecule has 2 N–H and O–H groups in total. The molecule has 1 aromatic heterocycles. The third-order valence-corrected chi connectivity index (χ3v) is 4.72. The van der Waals surface area contributed by atoms with Crippen molar-refractivity contribution in [2.24, 2.45) is 0 Å². The largest absolute Gasteiger partial charge is 0.466 e. The molecule has 0 fully saturated rings. The second kappa shape index (κ2) is 6.01. The zero-order chi connectivity index (χ0) is 15.5. The lowest BCUT2D eigenvalue weighted by Gasteiger charge is -2.21. The van der Waals surface area contributed by atoms with Crippen molar-refractivity contribution in [3.05, 3.63) is 54.0 Å². The quantitative estimate of drug-likeness (QED) is 0.855. The van der Waals surface area contributed by atoms with Crippen LogP contribution in [0.15, 0.2) is 52.0 Å². The standard InChI is InChI=1S/C15H19NO4S/c1-3-12-6-8-13(9-7-12)21(18,19)16-11-15(2,17)14-5-4-10-20-14/h4-10,16-17H,3,11H2,1-2H3. The predicted octanol–water partition coefficient (Wildman–Crippen LogP) is 2.03. The van der Waals surface area contributed by atoms with Crippen LogP contribution in [0, 0.1) is 0 Å². The molecule has 6 heteroatoms. The number of rotatable bonds is 6. The monoisotopic (exact) mass is 309 g/mol. The third kappa shape index (κ3) is 3.72. The van der Waals surface area contributed by atoms with Crippen molar-refractivity contribution in [1.29, 1.82) is 0 Å². The minimum Gasteiger partial charge on any atom is -0.466 e. The summed E-state index contributed by atoms with van der Waals surface area (Å²) in [6.07, 6.45) is 2.28. The molecule has 1 heterocycles. The molecule has 1 aromatic carbocycles. The van der Waals surface area contributed by atoms with E-state index < -0.39 is 15.6 Å². The van der Waals surface area contributed by atoms with Crippen LogP contribution in [0.5, 0.6) is 0 Å². The van der Waals surface area contributed by atoms with Crippen LogP contribution in [0.3, 0.4) is 0 Å². The number of furan rings is 1. The first-order chi connectivity index (χ1) is 9.85. The summed E-state index contributed by atoms with van der Waals surface area (Å²) in [5.74, 6) is 0.312. The highest BCUT2D eigenvalue weighted by atomic mass is 32.2. The van der Waals surface area contributed by atoms with E-state index in [0.717, 1.165) is 12.0 Å². The van der Waals surface area contributed by atoms with Crippen molar-refractivity contribution < 1.29 is 17.9 Å². The average Bonchev–Trinajstić information content (AvgIpc) is 3.01. The van der Waals surface area contributed by atoms with Crippen LogP contribution in [-0.2, 0) is 22.0 Å². The summed E-state index contributed by atoms with van der Waals surface area (Å²) in [4.78, 5) is 0.176. The van der Waals surface area contributed by atoms with E-state index >= 15 is 0 Å². The number of aryl methyl sites for hydroxylation is 1. The Morgan fingerprint density at radius 1 is 1.24 bits per heavy atom. The molecule has 0 aliphatic rings. The van der Waals surface area contributed by atoms with Gasteiger partial charge in [0.25, 0.3) is 0 Å². The van der Waals surface area contributed by atoms with Gasteiger partial charge in [-0.2, -0.15) is 0 Å². The number of aliphatic hydroxyl groups is 1. The maximum absolute atomic E-state index is 12.2. The normalized spacial score (nSPS) is 14.8. The van der Waals surface area contributed by atoms with Gasteiger partial charge in [0.1, 0.15) is 11.4 Å². The smallest absolute Gasteiger partial charge is 0.240 e. The van der Waals surface area contributed by atoms with Crippen molar-refractivity contribution in [1.82, 2.24) is 4.72 Å². The van der Waals surface area contributed by atoms with Crippen LogP contribution in [0.1, 0.15) is 25.2 Å². The first kappa shape index (κ1) is 15.8. The van der Waals surface area contributed by atoms with E-state index in [9.17, 15) is 13.5 Å². The van der Waals surface area contributed by atoms with E-state index in [2.05, 4.69) is 4.72 Å².